The standard InChI is InChI=1S/C16H21NO3S/c1-10(2)13-15(12-7-6-11(3)21-12)8-5-9-16(15,20-17-13)14(18)19-4/h6-7,10H,5,8-9H2,1-4H3. The Bertz CT molecular complexity index is 606. The Labute approximate surface area is 129 Å². The molecule has 1 fully saturated rings. The maximum absolute atomic E-state index is 12.6. The van der Waals surface area contributed by atoms with Gasteiger partial charge in [-0.3, -0.25) is 0 Å². The van der Waals surface area contributed by atoms with Crippen molar-refractivity contribution in [2.24, 2.45) is 11.1 Å². The summed E-state index contributed by atoms with van der Waals surface area (Å²) in [6.07, 6.45) is 2.49. The van der Waals surface area contributed by atoms with Gasteiger partial charge in [0.05, 0.1) is 18.2 Å². The molecule has 1 aliphatic heterocycles. The van der Waals surface area contributed by atoms with Gasteiger partial charge >= 0.3 is 5.97 Å². The molecule has 5 heteroatoms. The minimum absolute atomic E-state index is 0.233. The van der Waals surface area contributed by atoms with Crippen LogP contribution in [-0.4, -0.2) is 24.4 Å². The van der Waals surface area contributed by atoms with Gasteiger partial charge < -0.3 is 9.57 Å². The van der Waals surface area contributed by atoms with Crippen LogP contribution in [0, 0.1) is 12.8 Å². The van der Waals surface area contributed by atoms with Crippen molar-refractivity contribution in [2.45, 2.75) is 51.0 Å². The van der Waals surface area contributed by atoms with Crippen LogP contribution in [0.2, 0.25) is 0 Å². The summed E-state index contributed by atoms with van der Waals surface area (Å²) in [6, 6.07) is 4.22. The van der Waals surface area contributed by atoms with Crippen LogP contribution >= 0.6 is 11.3 Å². The Balaban J connectivity index is 2.21. The molecule has 21 heavy (non-hydrogen) atoms. The lowest BCUT2D eigenvalue weighted by molar-refractivity contribution is -0.170. The molecule has 0 spiro atoms. The van der Waals surface area contributed by atoms with Gasteiger partial charge in [0.1, 0.15) is 0 Å². The van der Waals surface area contributed by atoms with E-state index in [1.54, 1.807) is 11.3 Å². The third-order valence-electron chi connectivity index (χ3n) is 4.73. The van der Waals surface area contributed by atoms with Crippen LogP contribution < -0.4 is 0 Å². The summed E-state index contributed by atoms with van der Waals surface area (Å²) in [6.45, 7) is 6.30. The number of carbonyl (C=O) groups excluding carboxylic acids is 1. The van der Waals surface area contributed by atoms with Gasteiger partial charge in [0.2, 0.25) is 5.60 Å². The molecule has 2 aliphatic rings. The smallest absolute Gasteiger partial charge is 0.354 e. The van der Waals surface area contributed by atoms with E-state index in [1.165, 1.54) is 16.9 Å². The highest BCUT2D eigenvalue weighted by Gasteiger charge is 2.70. The summed E-state index contributed by atoms with van der Waals surface area (Å²) in [4.78, 5) is 20.7. The van der Waals surface area contributed by atoms with Gasteiger partial charge in [0.25, 0.3) is 0 Å². The number of hydrogen-bond acceptors (Lipinski definition) is 5. The molecule has 0 saturated heterocycles. The van der Waals surface area contributed by atoms with Crippen molar-refractivity contribution in [1.82, 2.24) is 0 Å². The SMILES string of the molecule is COC(=O)C12CCCC1(c1ccc(C)s1)C(C(C)C)=NO2. The van der Waals surface area contributed by atoms with Gasteiger partial charge in [0, 0.05) is 16.2 Å². The van der Waals surface area contributed by atoms with Crippen molar-refractivity contribution in [2.75, 3.05) is 7.11 Å². The minimum atomic E-state index is -0.974. The van der Waals surface area contributed by atoms with Crippen molar-refractivity contribution in [3.63, 3.8) is 0 Å². The Morgan fingerprint density at radius 2 is 2.19 bits per heavy atom. The fourth-order valence-electron chi connectivity index (χ4n) is 3.87. The number of carbonyl (C=O) groups is 1. The first-order valence-corrected chi connectivity index (χ1v) is 8.21. The Morgan fingerprint density at radius 3 is 2.76 bits per heavy atom. The minimum Gasteiger partial charge on any atom is -0.466 e. The molecular weight excluding hydrogens is 286 g/mol. The first-order chi connectivity index (χ1) is 9.98. The highest BCUT2D eigenvalue weighted by Crippen LogP contribution is 2.58. The van der Waals surface area contributed by atoms with Crippen LogP contribution in [0.3, 0.4) is 0 Å². The number of esters is 1. The van der Waals surface area contributed by atoms with E-state index in [2.05, 4.69) is 38.1 Å². The summed E-state index contributed by atoms with van der Waals surface area (Å²) >= 11 is 1.73. The second-order valence-corrected chi connectivity index (χ2v) is 7.50. The zero-order chi connectivity index (χ0) is 15.3. The molecule has 1 aliphatic carbocycles. The van der Waals surface area contributed by atoms with Crippen LogP contribution in [-0.2, 0) is 19.8 Å². The van der Waals surface area contributed by atoms with Gasteiger partial charge in [-0.2, -0.15) is 0 Å². The van der Waals surface area contributed by atoms with Crippen LogP contribution in [0.15, 0.2) is 17.3 Å². The van der Waals surface area contributed by atoms with Gasteiger partial charge in [0.15, 0.2) is 0 Å². The third kappa shape index (κ3) is 1.73. The molecule has 0 bridgehead atoms. The summed E-state index contributed by atoms with van der Waals surface area (Å²) in [5.74, 6) is -0.0671. The normalized spacial score (nSPS) is 31.0. The van der Waals surface area contributed by atoms with E-state index < -0.39 is 11.0 Å². The Hall–Kier alpha value is -1.36. The molecule has 0 amide bonds. The van der Waals surface area contributed by atoms with Crippen LogP contribution in [0.4, 0.5) is 0 Å². The zero-order valence-corrected chi connectivity index (χ0v) is 13.8. The summed E-state index contributed by atoms with van der Waals surface area (Å²) < 4.78 is 5.09. The molecule has 3 rings (SSSR count). The highest BCUT2D eigenvalue weighted by atomic mass is 32.1. The predicted molar refractivity (Wildman–Crippen MR) is 82.7 cm³/mol. The Morgan fingerprint density at radius 1 is 1.43 bits per heavy atom. The fourth-order valence-corrected chi connectivity index (χ4v) is 5.04. The number of ether oxygens (including phenoxy) is 1. The van der Waals surface area contributed by atoms with E-state index in [0.29, 0.717) is 6.42 Å². The summed E-state index contributed by atoms with van der Waals surface area (Å²) in [5, 5.41) is 4.34. The molecule has 4 nitrogen and oxygen atoms in total. The number of methoxy groups -OCH3 is 1. The number of thiophene rings is 1. The fraction of sp³-hybridized carbons (Fsp3) is 0.625. The van der Waals surface area contributed by atoms with Gasteiger partial charge in [-0.05, 0) is 37.8 Å². The molecule has 114 valence electrons. The molecule has 2 unspecified atom stereocenters. The van der Waals surface area contributed by atoms with Crippen molar-refractivity contribution in [1.29, 1.82) is 0 Å². The van der Waals surface area contributed by atoms with Crippen molar-refractivity contribution in [3.05, 3.63) is 21.9 Å². The van der Waals surface area contributed by atoms with E-state index in [1.807, 2.05) is 0 Å². The molecule has 1 aromatic rings. The molecule has 0 aromatic carbocycles. The summed E-state index contributed by atoms with van der Waals surface area (Å²) in [7, 11) is 1.43. The lowest BCUT2D eigenvalue weighted by atomic mass is 9.67. The summed E-state index contributed by atoms with van der Waals surface area (Å²) in [5.41, 5.74) is -0.446. The first kappa shape index (κ1) is 14.6. The number of rotatable bonds is 3. The van der Waals surface area contributed by atoms with Crippen LogP contribution in [0.1, 0.15) is 42.9 Å². The predicted octanol–water partition coefficient (Wildman–Crippen LogP) is 3.43. The lowest BCUT2D eigenvalue weighted by Gasteiger charge is -2.36. The average molecular weight is 307 g/mol. The average Bonchev–Trinajstić information content (AvgIpc) is 3.09. The second-order valence-electron chi connectivity index (χ2n) is 6.21. The molecule has 2 atom stereocenters. The van der Waals surface area contributed by atoms with E-state index in [4.69, 9.17) is 9.57 Å². The number of nitrogens with zero attached hydrogens (tertiary/aromatic N) is 1. The van der Waals surface area contributed by atoms with Crippen molar-refractivity contribution < 1.29 is 14.4 Å². The van der Waals surface area contributed by atoms with E-state index >= 15 is 0 Å². The second kappa shape index (κ2) is 4.83. The Kier molecular flexibility index (Phi) is 3.35. The first-order valence-electron chi connectivity index (χ1n) is 7.40. The number of fused-ring (bicyclic) bond motifs is 1. The monoisotopic (exact) mass is 307 g/mol. The van der Waals surface area contributed by atoms with Crippen LogP contribution in [0.25, 0.3) is 0 Å². The van der Waals surface area contributed by atoms with Crippen molar-refractivity contribution >= 4 is 23.0 Å². The van der Waals surface area contributed by atoms with Gasteiger partial charge in [-0.1, -0.05) is 19.0 Å². The number of aryl methyl sites for hydroxylation is 1. The van der Waals surface area contributed by atoms with E-state index in [0.717, 1.165) is 18.6 Å². The number of hydrogen-bond donors (Lipinski definition) is 0. The van der Waals surface area contributed by atoms with Gasteiger partial charge in [-0.25, -0.2) is 4.79 Å². The maximum Gasteiger partial charge on any atom is 0.354 e. The van der Waals surface area contributed by atoms with Crippen LogP contribution in [0.5, 0.6) is 0 Å². The molecule has 2 heterocycles. The zero-order valence-electron chi connectivity index (χ0n) is 12.9. The van der Waals surface area contributed by atoms with Gasteiger partial charge in [-0.15, -0.1) is 11.3 Å². The maximum atomic E-state index is 12.6. The quantitative estimate of drug-likeness (QED) is 0.804. The molecule has 0 radical (unpaired) electrons. The molecule has 0 N–H and O–H groups in total. The lowest BCUT2D eigenvalue weighted by Crippen LogP contribution is -2.55. The van der Waals surface area contributed by atoms with Crippen molar-refractivity contribution in [3.8, 4) is 0 Å². The highest BCUT2D eigenvalue weighted by molar-refractivity contribution is 7.12. The molecular formula is C16H21NO3S. The van der Waals surface area contributed by atoms with E-state index in [-0.39, 0.29) is 11.9 Å². The van der Waals surface area contributed by atoms with E-state index in [9.17, 15) is 4.79 Å². The largest absolute Gasteiger partial charge is 0.466 e. The number of oxime groups is 1. The molecule has 1 aromatic heterocycles. The topological polar surface area (TPSA) is 47.9 Å². The molecule has 1 saturated carbocycles. The third-order valence-corrected chi connectivity index (χ3v) is 5.89.